The third-order valence-electron chi connectivity index (χ3n) is 3.70. The van der Waals surface area contributed by atoms with Crippen molar-refractivity contribution in [2.75, 3.05) is 13.2 Å². The molecule has 2 heteroatoms. The van der Waals surface area contributed by atoms with Gasteiger partial charge in [0.25, 0.3) is 0 Å². The topological polar surface area (TPSA) is 32.3 Å². The lowest BCUT2D eigenvalue weighted by Crippen LogP contribution is -2.16. The summed E-state index contributed by atoms with van der Waals surface area (Å²) in [7, 11) is 0. The second-order valence-electron chi connectivity index (χ2n) is 5.05. The molecule has 3 aromatic rings. The Hall–Kier alpha value is -1.90. The Morgan fingerprint density at radius 2 is 1.45 bits per heavy atom. The van der Waals surface area contributed by atoms with Crippen molar-refractivity contribution in [3.63, 3.8) is 0 Å². The monoisotopic (exact) mass is 265 g/mol. The van der Waals surface area contributed by atoms with E-state index in [-0.39, 0.29) is 6.61 Å². The minimum absolute atomic E-state index is 0.239. The Balaban J connectivity index is 2.08. The minimum atomic E-state index is 0.239. The van der Waals surface area contributed by atoms with Crippen LogP contribution < -0.4 is 5.32 Å². The first-order valence-electron chi connectivity index (χ1n) is 7.11. The van der Waals surface area contributed by atoms with Gasteiger partial charge in [-0.1, -0.05) is 48.5 Å². The van der Waals surface area contributed by atoms with Crippen LogP contribution in [0.1, 0.15) is 12.0 Å². The second-order valence-corrected chi connectivity index (χ2v) is 5.05. The van der Waals surface area contributed by atoms with E-state index >= 15 is 0 Å². The highest BCUT2D eigenvalue weighted by Crippen LogP contribution is 2.28. The molecule has 0 fully saturated rings. The third-order valence-corrected chi connectivity index (χ3v) is 3.70. The molecule has 0 atom stereocenters. The summed E-state index contributed by atoms with van der Waals surface area (Å²) in [6.45, 7) is 1.92. The van der Waals surface area contributed by atoms with E-state index < -0.39 is 0 Å². The van der Waals surface area contributed by atoms with Gasteiger partial charge in [-0.3, -0.25) is 0 Å². The molecule has 0 saturated carbocycles. The molecule has 0 heterocycles. The number of benzene rings is 3. The van der Waals surface area contributed by atoms with Gasteiger partial charge in [0.05, 0.1) is 0 Å². The number of nitrogens with one attached hydrogen (secondary N) is 1. The molecule has 0 spiro atoms. The molecule has 0 radical (unpaired) electrons. The van der Waals surface area contributed by atoms with Gasteiger partial charge in [0.15, 0.2) is 0 Å². The minimum Gasteiger partial charge on any atom is -0.396 e. The zero-order chi connectivity index (χ0) is 13.8. The fraction of sp³-hybridized carbons (Fsp3) is 0.222. The molecule has 0 aromatic heterocycles. The summed E-state index contributed by atoms with van der Waals surface area (Å²) in [5.41, 5.74) is 1.34. The highest BCUT2D eigenvalue weighted by molar-refractivity contribution is 6.02. The molecule has 102 valence electrons. The normalized spacial score (nSPS) is 11.2. The molecular formula is C18H19NO. The van der Waals surface area contributed by atoms with Crippen LogP contribution in [0.25, 0.3) is 21.5 Å². The number of fused-ring (bicyclic) bond motifs is 2. The first kappa shape index (κ1) is 13.1. The molecular weight excluding hydrogens is 246 g/mol. The fourth-order valence-corrected chi connectivity index (χ4v) is 2.72. The summed E-state index contributed by atoms with van der Waals surface area (Å²) in [5, 5.41) is 17.5. The van der Waals surface area contributed by atoms with Crippen LogP contribution >= 0.6 is 0 Å². The van der Waals surface area contributed by atoms with Crippen molar-refractivity contribution >= 4 is 21.5 Å². The van der Waals surface area contributed by atoms with Gasteiger partial charge in [0.1, 0.15) is 0 Å². The van der Waals surface area contributed by atoms with Gasteiger partial charge in [-0.25, -0.2) is 0 Å². The molecule has 0 unspecified atom stereocenters. The van der Waals surface area contributed by atoms with Crippen LogP contribution in [0.2, 0.25) is 0 Å². The first-order valence-corrected chi connectivity index (χ1v) is 7.11. The average Bonchev–Trinajstić information content (AvgIpc) is 2.50. The Morgan fingerprint density at radius 1 is 0.850 bits per heavy atom. The zero-order valence-electron chi connectivity index (χ0n) is 11.5. The van der Waals surface area contributed by atoms with Gasteiger partial charge in [-0.2, -0.15) is 0 Å². The van der Waals surface area contributed by atoms with Crippen LogP contribution in [-0.2, 0) is 6.54 Å². The van der Waals surface area contributed by atoms with Gasteiger partial charge < -0.3 is 10.4 Å². The Labute approximate surface area is 119 Å². The number of aliphatic hydroxyl groups is 1. The quantitative estimate of drug-likeness (QED) is 0.547. The van der Waals surface area contributed by atoms with Crippen LogP contribution in [0.3, 0.4) is 0 Å². The van der Waals surface area contributed by atoms with Crippen molar-refractivity contribution in [3.8, 4) is 0 Å². The van der Waals surface area contributed by atoms with Gasteiger partial charge in [0.2, 0.25) is 0 Å². The maximum absolute atomic E-state index is 8.87. The first-order chi connectivity index (χ1) is 9.90. The second kappa shape index (κ2) is 6.04. The van der Waals surface area contributed by atoms with E-state index in [0.717, 1.165) is 19.5 Å². The lowest BCUT2D eigenvalue weighted by Gasteiger charge is -2.12. The number of hydrogen-bond acceptors (Lipinski definition) is 2. The third kappa shape index (κ3) is 2.53. The lowest BCUT2D eigenvalue weighted by molar-refractivity contribution is 0.286. The molecule has 2 N–H and O–H groups in total. The van der Waals surface area contributed by atoms with E-state index in [0.29, 0.717) is 0 Å². The average molecular weight is 265 g/mol. The summed E-state index contributed by atoms with van der Waals surface area (Å²) in [4.78, 5) is 0. The maximum Gasteiger partial charge on any atom is 0.0443 e. The molecule has 2 nitrogen and oxygen atoms in total. The van der Waals surface area contributed by atoms with Gasteiger partial charge in [-0.15, -0.1) is 0 Å². The molecule has 3 aromatic carbocycles. The van der Waals surface area contributed by atoms with Crippen molar-refractivity contribution < 1.29 is 5.11 Å². The maximum atomic E-state index is 8.87. The molecule has 3 rings (SSSR count). The summed E-state index contributed by atoms with van der Waals surface area (Å²) < 4.78 is 0. The Kier molecular flexibility index (Phi) is 3.95. The van der Waals surface area contributed by atoms with Gasteiger partial charge in [0, 0.05) is 13.2 Å². The summed E-state index contributed by atoms with van der Waals surface area (Å²) in [5.74, 6) is 0. The molecule has 0 bridgehead atoms. The SMILES string of the molecule is OCCCNCc1c2ccccc2cc2ccccc12. The number of rotatable bonds is 5. The van der Waals surface area contributed by atoms with Gasteiger partial charge in [-0.05, 0) is 46.1 Å². The van der Waals surface area contributed by atoms with Crippen LogP contribution in [0.15, 0.2) is 54.6 Å². The van der Waals surface area contributed by atoms with Crippen molar-refractivity contribution in [1.82, 2.24) is 5.32 Å². The van der Waals surface area contributed by atoms with Crippen molar-refractivity contribution in [1.29, 1.82) is 0 Å². The number of aliphatic hydroxyl groups excluding tert-OH is 1. The van der Waals surface area contributed by atoms with E-state index in [1.807, 2.05) is 0 Å². The smallest absolute Gasteiger partial charge is 0.0443 e. The molecule has 0 aliphatic rings. The van der Waals surface area contributed by atoms with E-state index in [1.165, 1.54) is 27.1 Å². The van der Waals surface area contributed by atoms with E-state index in [9.17, 15) is 0 Å². The molecule has 0 aliphatic heterocycles. The molecule has 0 saturated heterocycles. The van der Waals surface area contributed by atoms with Crippen LogP contribution in [0.4, 0.5) is 0 Å². The Morgan fingerprint density at radius 3 is 2.05 bits per heavy atom. The molecule has 0 aliphatic carbocycles. The largest absolute Gasteiger partial charge is 0.396 e. The molecule has 20 heavy (non-hydrogen) atoms. The predicted molar refractivity (Wildman–Crippen MR) is 84.9 cm³/mol. The van der Waals surface area contributed by atoms with Crippen LogP contribution in [-0.4, -0.2) is 18.3 Å². The fourth-order valence-electron chi connectivity index (χ4n) is 2.72. The van der Waals surface area contributed by atoms with Crippen LogP contribution in [0.5, 0.6) is 0 Å². The highest BCUT2D eigenvalue weighted by Gasteiger charge is 2.06. The van der Waals surface area contributed by atoms with Gasteiger partial charge >= 0.3 is 0 Å². The summed E-state index contributed by atoms with van der Waals surface area (Å²) in [6, 6.07) is 19.3. The Bertz CT molecular complexity index is 667. The van der Waals surface area contributed by atoms with E-state index in [4.69, 9.17) is 5.11 Å². The van der Waals surface area contributed by atoms with E-state index in [2.05, 4.69) is 59.9 Å². The summed E-state index contributed by atoms with van der Waals surface area (Å²) in [6.07, 6.45) is 0.794. The van der Waals surface area contributed by atoms with E-state index in [1.54, 1.807) is 0 Å². The zero-order valence-corrected chi connectivity index (χ0v) is 11.5. The van der Waals surface area contributed by atoms with Crippen LogP contribution in [0, 0.1) is 0 Å². The lowest BCUT2D eigenvalue weighted by atomic mass is 9.97. The van der Waals surface area contributed by atoms with Crippen molar-refractivity contribution in [2.45, 2.75) is 13.0 Å². The highest BCUT2D eigenvalue weighted by atomic mass is 16.3. The standard InChI is InChI=1S/C18H19NO/c20-11-5-10-19-13-18-16-8-3-1-6-14(16)12-15-7-2-4-9-17(15)18/h1-4,6-9,12,19-20H,5,10-11,13H2. The molecule has 0 amide bonds. The van der Waals surface area contributed by atoms with Crippen molar-refractivity contribution in [2.24, 2.45) is 0 Å². The predicted octanol–water partition coefficient (Wildman–Crippen LogP) is 3.47. The van der Waals surface area contributed by atoms with Crippen molar-refractivity contribution in [3.05, 3.63) is 60.2 Å². The number of hydrogen-bond donors (Lipinski definition) is 2. The summed E-state index contributed by atoms with van der Waals surface area (Å²) >= 11 is 0.